The lowest BCUT2D eigenvalue weighted by molar-refractivity contribution is -0.124. The van der Waals surface area contributed by atoms with Gasteiger partial charge in [-0.25, -0.2) is 0 Å². The van der Waals surface area contributed by atoms with Crippen LogP contribution in [0.4, 0.5) is 5.69 Å². The van der Waals surface area contributed by atoms with Crippen molar-refractivity contribution in [3.8, 4) is 5.75 Å². The fourth-order valence-corrected chi connectivity index (χ4v) is 2.65. The molecule has 1 aromatic rings. The Morgan fingerprint density at radius 2 is 2.13 bits per heavy atom. The summed E-state index contributed by atoms with van der Waals surface area (Å²) in [5, 5.41) is 9.09. The van der Waals surface area contributed by atoms with Gasteiger partial charge in [0.1, 0.15) is 5.75 Å². The van der Waals surface area contributed by atoms with Crippen molar-refractivity contribution < 1.29 is 14.3 Å². The largest absolute Gasteiger partial charge is 0.484 e. The predicted molar refractivity (Wildman–Crippen MR) is 87.3 cm³/mol. The van der Waals surface area contributed by atoms with Crippen LogP contribution >= 0.6 is 0 Å². The molecule has 1 aromatic carbocycles. The maximum Gasteiger partial charge on any atom is 0.258 e. The molecule has 3 rings (SSSR count). The number of ether oxygens (including phenoxy) is 1. The van der Waals surface area contributed by atoms with Gasteiger partial charge in [-0.05, 0) is 44.4 Å². The van der Waals surface area contributed by atoms with E-state index in [2.05, 4.69) is 16.0 Å². The van der Waals surface area contributed by atoms with Gasteiger partial charge in [-0.3, -0.25) is 9.59 Å². The Kier molecular flexibility index (Phi) is 5.12. The van der Waals surface area contributed by atoms with Crippen LogP contribution in [0, 0.1) is 5.92 Å². The molecule has 2 amide bonds. The molecule has 6 nitrogen and oxygen atoms in total. The van der Waals surface area contributed by atoms with Gasteiger partial charge in [-0.15, -0.1) is 0 Å². The Labute approximate surface area is 136 Å². The average Bonchev–Trinajstić information content (AvgIpc) is 3.39. The van der Waals surface area contributed by atoms with Gasteiger partial charge >= 0.3 is 0 Å². The van der Waals surface area contributed by atoms with E-state index < -0.39 is 0 Å². The lowest BCUT2D eigenvalue weighted by Gasteiger charge is -2.23. The zero-order valence-electron chi connectivity index (χ0n) is 13.1. The summed E-state index contributed by atoms with van der Waals surface area (Å²) in [5.74, 6) is 0.681. The molecule has 1 aliphatic carbocycles. The number of rotatable bonds is 6. The number of benzene rings is 1. The van der Waals surface area contributed by atoms with Crippen LogP contribution in [0.3, 0.4) is 0 Å². The summed E-state index contributed by atoms with van der Waals surface area (Å²) in [6.07, 6.45) is 4.02. The summed E-state index contributed by atoms with van der Waals surface area (Å²) < 4.78 is 5.52. The van der Waals surface area contributed by atoms with Gasteiger partial charge in [0.25, 0.3) is 5.91 Å². The SMILES string of the molecule is O=C(COc1cccc(NC(=O)C2CC2)c1)NC1CCCNC1. The minimum absolute atomic E-state index is 0.0173. The number of piperidine rings is 1. The first-order valence-electron chi connectivity index (χ1n) is 8.24. The van der Waals surface area contributed by atoms with E-state index in [-0.39, 0.29) is 30.4 Å². The Morgan fingerprint density at radius 1 is 1.26 bits per heavy atom. The zero-order valence-corrected chi connectivity index (χ0v) is 13.1. The van der Waals surface area contributed by atoms with Crippen LogP contribution in [0.5, 0.6) is 5.75 Å². The van der Waals surface area contributed by atoms with Gasteiger partial charge < -0.3 is 20.7 Å². The molecule has 1 heterocycles. The molecule has 0 spiro atoms. The summed E-state index contributed by atoms with van der Waals surface area (Å²) in [6.45, 7) is 1.81. The van der Waals surface area contributed by atoms with Crippen LogP contribution < -0.4 is 20.7 Å². The molecule has 0 aromatic heterocycles. The Hall–Kier alpha value is -2.08. The van der Waals surface area contributed by atoms with Crippen molar-refractivity contribution in [1.29, 1.82) is 0 Å². The number of carbonyl (C=O) groups excluding carboxylic acids is 2. The Bertz CT molecular complexity index is 566. The Balaban J connectivity index is 1.45. The minimum Gasteiger partial charge on any atom is -0.484 e. The van der Waals surface area contributed by atoms with Gasteiger partial charge in [0.2, 0.25) is 5.91 Å². The summed E-state index contributed by atoms with van der Waals surface area (Å²) >= 11 is 0. The fraction of sp³-hybridized carbons (Fsp3) is 0.529. The number of hydrogen-bond donors (Lipinski definition) is 3. The predicted octanol–water partition coefficient (Wildman–Crippen LogP) is 1.28. The quantitative estimate of drug-likeness (QED) is 0.738. The Morgan fingerprint density at radius 3 is 2.87 bits per heavy atom. The second-order valence-electron chi connectivity index (χ2n) is 6.19. The fourth-order valence-electron chi connectivity index (χ4n) is 2.65. The molecule has 2 aliphatic rings. The van der Waals surface area contributed by atoms with Crippen molar-refractivity contribution in [2.45, 2.75) is 31.7 Å². The molecule has 124 valence electrons. The molecular weight excluding hydrogens is 294 g/mol. The maximum atomic E-state index is 11.9. The van der Waals surface area contributed by atoms with Crippen molar-refractivity contribution in [3.63, 3.8) is 0 Å². The van der Waals surface area contributed by atoms with Gasteiger partial charge in [-0.1, -0.05) is 6.07 Å². The molecule has 0 bridgehead atoms. The summed E-state index contributed by atoms with van der Waals surface area (Å²) in [5.41, 5.74) is 0.705. The molecule has 1 unspecified atom stereocenters. The number of hydrogen-bond acceptors (Lipinski definition) is 4. The van der Waals surface area contributed by atoms with E-state index in [1.165, 1.54) is 0 Å². The highest BCUT2D eigenvalue weighted by Gasteiger charge is 2.29. The topological polar surface area (TPSA) is 79.5 Å². The van der Waals surface area contributed by atoms with Crippen molar-refractivity contribution in [1.82, 2.24) is 10.6 Å². The number of nitrogens with one attached hydrogen (secondary N) is 3. The van der Waals surface area contributed by atoms with Crippen LogP contribution in [-0.2, 0) is 9.59 Å². The van der Waals surface area contributed by atoms with Crippen molar-refractivity contribution in [2.75, 3.05) is 25.0 Å². The number of carbonyl (C=O) groups is 2. The number of anilines is 1. The van der Waals surface area contributed by atoms with Crippen LogP contribution in [-0.4, -0.2) is 37.6 Å². The van der Waals surface area contributed by atoms with E-state index in [4.69, 9.17) is 4.74 Å². The van der Waals surface area contributed by atoms with Crippen molar-refractivity contribution in [2.24, 2.45) is 5.92 Å². The first-order valence-corrected chi connectivity index (χ1v) is 8.24. The van der Waals surface area contributed by atoms with E-state index in [1.807, 2.05) is 6.07 Å². The second-order valence-corrected chi connectivity index (χ2v) is 6.19. The number of amides is 2. The average molecular weight is 317 g/mol. The molecule has 2 fully saturated rings. The highest BCUT2D eigenvalue weighted by atomic mass is 16.5. The summed E-state index contributed by atoms with van der Waals surface area (Å²) in [4.78, 5) is 23.7. The molecule has 3 N–H and O–H groups in total. The lowest BCUT2D eigenvalue weighted by Crippen LogP contribution is -2.46. The highest BCUT2D eigenvalue weighted by molar-refractivity contribution is 5.94. The van der Waals surface area contributed by atoms with E-state index in [0.717, 1.165) is 38.8 Å². The summed E-state index contributed by atoms with van der Waals surface area (Å²) in [7, 11) is 0. The van der Waals surface area contributed by atoms with Gasteiger partial charge in [0, 0.05) is 30.3 Å². The normalized spacial score (nSPS) is 20.6. The zero-order chi connectivity index (χ0) is 16.1. The second kappa shape index (κ2) is 7.46. The highest BCUT2D eigenvalue weighted by Crippen LogP contribution is 2.30. The molecule has 23 heavy (non-hydrogen) atoms. The van der Waals surface area contributed by atoms with Gasteiger partial charge in [0.15, 0.2) is 6.61 Å². The maximum absolute atomic E-state index is 11.9. The van der Waals surface area contributed by atoms with Crippen molar-refractivity contribution >= 4 is 17.5 Å². The van der Waals surface area contributed by atoms with Crippen molar-refractivity contribution in [3.05, 3.63) is 24.3 Å². The smallest absolute Gasteiger partial charge is 0.258 e. The molecule has 1 saturated carbocycles. The molecular formula is C17H23N3O3. The van der Waals surface area contributed by atoms with E-state index in [1.54, 1.807) is 18.2 Å². The first kappa shape index (κ1) is 15.8. The van der Waals surface area contributed by atoms with E-state index in [0.29, 0.717) is 11.4 Å². The summed E-state index contributed by atoms with van der Waals surface area (Å²) in [6, 6.07) is 7.34. The third-order valence-electron chi connectivity index (χ3n) is 4.08. The minimum atomic E-state index is -0.119. The van der Waals surface area contributed by atoms with Crippen LogP contribution in [0.2, 0.25) is 0 Å². The molecule has 1 saturated heterocycles. The van der Waals surface area contributed by atoms with Crippen LogP contribution in [0.25, 0.3) is 0 Å². The van der Waals surface area contributed by atoms with Gasteiger partial charge in [-0.2, -0.15) is 0 Å². The van der Waals surface area contributed by atoms with E-state index >= 15 is 0 Å². The van der Waals surface area contributed by atoms with Crippen LogP contribution in [0.1, 0.15) is 25.7 Å². The molecule has 1 atom stereocenters. The van der Waals surface area contributed by atoms with E-state index in [9.17, 15) is 9.59 Å². The van der Waals surface area contributed by atoms with Gasteiger partial charge in [0.05, 0.1) is 0 Å². The first-order chi connectivity index (χ1) is 11.2. The molecule has 6 heteroatoms. The lowest BCUT2D eigenvalue weighted by atomic mass is 10.1. The monoisotopic (exact) mass is 317 g/mol. The third-order valence-corrected chi connectivity index (χ3v) is 4.08. The molecule has 1 aliphatic heterocycles. The van der Waals surface area contributed by atoms with Crippen LogP contribution in [0.15, 0.2) is 24.3 Å². The standard InChI is InChI=1S/C17H23N3O3/c21-16(19-14-4-2-8-18-10-14)11-23-15-5-1-3-13(9-15)20-17(22)12-6-7-12/h1,3,5,9,12,14,18H,2,4,6-8,10-11H2,(H,19,21)(H,20,22). The molecule has 0 radical (unpaired) electrons. The third kappa shape index (κ3) is 4.96.